The maximum Gasteiger partial charge on any atom is 0.313 e. The molecular formula is C24H30N4O4. The predicted octanol–water partition coefficient (Wildman–Crippen LogP) is 1.70. The molecule has 1 saturated heterocycles. The van der Waals surface area contributed by atoms with Crippen LogP contribution in [0.2, 0.25) is 0 Å². The summed E-state index contributed by atoms with van der Waals surface area (Å²) in [5.74, 6) is -1.84. The third-order valence-electron chi connectivity index (χ3n) is 5.24. The van der Waals surface area contributed by atoms with Crippen molar-refractivity contribution in [2.45, 2.75) is 19.9 Å². The van der Waals surface area contributed by atoms with Crippen molar-refractivity contribution in [2.75, 3.05) is 44.7 Å². The van der Waals surface area contributed by atoms with Gasteiger partial charge in [-0.05, 0) is 37.6 Å². The Morgan fingerprint density at radius 1 is 0.938 bits per heavy atom. The third-order valence-corrected chi connectivity index (χ3v) is 5.24. The van der Waals surface area contributed by atoms with Gasteiger partial charge in [0.1, 0.15) is 0 Å². The van der Waals surface area contributed by atoms with Gasteiger partial charge in [0.05, 0.1) is 24.5 Å². The van der Waals surface area contributed by atoms with Gasteiger partial charge in [0.15, 0.2) is 0 Å². The number of carbonyl (C=O) groups is 3. The Hall–Kier alpha value is -3.23. The van der Waals surface area contributed by atoms with E-state index in [1.807, 2.05) is 31.2 Å². The minimum Gasteiger partial charge on any atom is -0.379 e. The van der Waals surface area contributed by atoms with E-state index in [4.69, 9.17) is 4.74 Å². The molecule has 3 N–H and O–H groups in total. The highest BCUT2D eigenvalue weighted by Gasteiger charge is 2.18. The van der Waals surface area contributed by atoms with Gasteiger partial charge in [0.25, 0.3) is 5.91 Å². The molecule has 8 heteroatoms. The zero-order valence-electron chi connectivity index (χ0n) is 18.4. The number of nitrogens with one attached hydrogen (secondary N) is 3. The lowest BCUT2D eigenvalue weighted by atomic mass is 10.1. The average Bonchev–Trinajstić information content (AvgIpc) is 2.82. The number of nitrogens with zero attached hydrogens (tertiary/aromatic N) is 1. The van der Waals surface area contributed by atoms with Crippen molar-refractivity contribution in [3.8, 4) is 0 Å². The molecule has 1 fully saturated rings. The quantitative estimate of drug-likeness (QED) is 0.430. The maximum atomic E-state index is 12.6. The Balaban J connectivity index is 1.47. The van der Waals surface area contributed by atoms with Crippen LogP contribution in [0.15, 0.2) is 48.5 Å². The summed E-state index contributed by atoms with van der Waals surface area (Å²) in [5.41, 5.74) is 2.71. The Bertz CT molecular complexity index is 924. The van der Waals surface area contributed by atoms with Crippen LogP contribution in [0.4, 0.5) is 5.69 Å². The number of rotatable bonds is 8. The first-order valence-electron chi connectivity index (χ1n) is 10.8. The molecule has 0 atom stereocenters. The van der Waals surface area contributed by atoms with Crippen LogP contribution in [0.5, 0.6) is 0 Å². The van der Waals surface area contributed by atoms with E-state index >= 15 is 0 Å². The number of anilines is 1. The van der Waals surface area contributed by atoms with E-state index in [9.17, 15) is 14.4 Å². The summed E-state index contributed by atoms with van der Waals surface area (Å²) in [5, 5.41) is 8.03. The molecule has 170 valence electrons. The number of ether oxygens (including phenoxy) is 1. The number of benzene rings is 2. The van der Waals surface area contributed by atoms with E-state index in [1.165, 1.54) is 0 Å². The van der Waals surface area contributed by atoms with Crippen molar-refractivity contribution < 1.29 is 19.1 Å². The van der Waals surface area contributed by atoms with E-state index in [0.717, 1.165) is 50.4 Å². The van der Waals surface area contributed by atoms with Crippen molar-refractivity contribution in [1.82, 2.24) is 15.5 Å². The van der Waals surface area contributed by atoms with Gasteiger partial charge >= 0.3 is 11.8 Å². The van der Waals surface area contributed by atoms with Crippen LogP contribution in [0.1, 0.15) is 27.9 Å². The van der Waals surface area contributed by atoms with Gasteiger partial charge in [-0.3, -0.25) is 19.3 Å². The van der Waals surface area contributed by atoms with Gasteiger partial charge in [-0.1, -0.05) is 42.0 Å². The monoisotopic (exact) mass is 438 g/mol. The first-order chi connectivity index (χ1) is 15.5. The fraction of sp³-hybridized carbons (Fsp3) is 0.375. The normalized spacial score (nSPS) is 13.9. The fourth-order valence-corrected chi connectivity index (χ4v) is 3.36. The molecule has 3 rings (SSSR count). The SMILES string of the molecule is Cc1ccc(CNC(=O)c2ccccc2NC(=O)C(=O)NCCCN2CCOCC2)cc1. The van der Waals surface area contributed by atoms with Crippen molar-refractivity contribution in [3.05, 3.63) is 65.2 Å². The number of hydrogen-bond acceptors (Lipinski definition) is 5. The molecular weight excluding hydrogens is 408 g/mol. The Morgan fingerprint density at radius 3 is 2.41 bits per heavy atom. The molecule has 0 radical (unpaired) electrons. The summed E-state index contributed by atoms with van der Waals surface area (Å²) in [6, 6.07) is 14.5. The molecule has 0 unspecified atom stereocenters. The summed E-state index contributed by atoms with van der Waals surface area (Å²) in [6.45, 7) is 6.85. The number of carbonyl (C=O) groups excluding carboxylic acids is 3. The largest absolute Gasteiger partial charge is 0.379 e. The standard InChI is InChI=1S/C24H30N4O4/c1-18-7-9-19(10-8-18)17-26-22(29)20-5-2-3-6-21(20)27-24(31)23(30)25-11-4-12-28-13-15-32-16-14-28/h2-3,5-10H,4,11-17H2,1H3,(H,25,30)(H,26,29)(H,27,31). The zero-order chi connectivity index (χ0) is 22.8. The third kappa shape index (κ3) is 7.18. The zero-order valence-corrected chi connectivity index (χ0v) is 18.4. The van der Waals surface area contributed by atoms with Crippen molar-refractivity contribution >= 4 is 23.4 Å². The van der Waals surface area contributed by atoms with Crippen LogP contribution in [0, 0.1) is 6.92 Å². The molecule has 2 aromatic rings. The Morgan fingerprint density at radius 2 is 1.66 bits per heavy atom. The molecule has 1 heterocycles. The van der Waals surface area contributed by atoms with Crippen molar-refractivity contribution in [2.24, 2.45) is 0 Å². The van der Waals surface area contributed by atoms with Crippen LogP contribution in [0.25, 0.3) is 0 Å². The highest BCUT2D eigenvalue weighted by Crippen LogP contribution is 2.15. The molecule has 3 amide bonds. The maximum absolute atomic E-state index is 12.6. The molecule has 0 aliphatic carbocycles. The average molecular weight is 439 g/mol. The first kappa shape index (κ1) is 23.4. The predicted molar refractivity (Wildman–Crippen MR) is 122 cm³/mol. The lowest BCUT2D eigenvalue weighted by Crippen LogP contribution is -2.40. The lowest BCUT2D eigenvalue weighted by Gasteiger charge is -2.26. The van der Waals surface area contributed by atoms with E-state index in [1.54, 1.807) is 24.3 Å². The Kier molecular flexibility index (Phi) is 8.77. The highest BCUT2D eigenvalue weighted by molar-refractivity contribution is 6.40. The van der Waals surface area contributed by atoms with Gasteiger partial charge in [-0.25, -0.2) is 0 Å². The minimum atomic E-state index is -0.796. The number of amides is 3. The van der Waals surface area contributed by atoms with Crippen LogP contribution >= 0.6 is 0 Å². The van der Waals surface area contributed by atoms with E-state index in [2.05, 4.69) is 20.9 Å². The molecule has 32 heavy (non-hydrogen) atoms. The van der Waals surface area contributed by atoms with E-state index in [0.29, 0.717) is 24.3 Å². The van der Waals surface area contributed by atoms with Crippen molar-refractivity contribution in [3.63, 3.8) is 0 Å². The second-order valence-corrected chi connectivity index (χ2v) is 7.73. The fourth-order valence-electron chi connectivity index (χ4n) is 3.36. The molecule has 1 aliphatic rings. The molecule has 0 spiro atoms. The van der Waals surface area contributed by atoms with Crippen molar-refractivity contribution in [1.29, 1.82) is 0 Å². The molecule has 2 aromatic carbocycles. The van der Waals surface area contributed by atoms with Gasteiger partial charge < -0.3 is 20.7 Å². The molecule has 0 saturated carbocycles. The summed E-state index contributed by atoms with van der Waals surface area (Å²) in [7, 11) is 0. The number of aryl methyl sites for hydroxylation is 1. The summed E-state index contributed by atoms with van der Waals surface area (Å²) in [6.07, 6.45) is 0.747. The Labute approximate surface area is 188 Å². The van der Waals surface area contributed by atoms with Crippen LogP contribution in [-0.4, -0.2) is 62.0 Å². The van der Waals surface area contributed by atoms with E-state index < -0.39 is 11.8 Å². The summed E-state index contributed by atoms with van der Waals surface area (Å²) >= 11 is 0. The lowest BCUT2D eigenvalue weighted by molar-refractivity contribution is -0.136. The summed E-state index contributed by atoms with van der Waals surface area (Å²) < 4.78 is 5.31. The second-order valence-electron chi connectivity index (χ2n) is 7.73. The van der Waals surface area contributed by atoms with Gasteiger partial charge in [-0.2, -0.15) is 0 Å². The van der Waals surface area contributed by atoms with Gasteiger partial charge in [-0.15, -0.1) is 0 Å². The smallest absolute Gasteiger partial charge is 0.313 e. The van der Waals surface area contributed by atoms with Gasteiger partial charge in [0, 0.05) is 26.2 Å². The van der Waals surface area contributed by atoms with Crippen LogP contribution in [0.3, 0.4) is 0 Å². The molecule has 0 aromatic heterocycles. The number of hydrogen-bond donors (Lipinski definition) is 3. The molecule has 0 bridgehead atoms. The number of para-hydroxylation sites is 1. The van der Waals surface area contributed by atoms with Crippen LogP contribution < -0.4 is 16.0 Å². The molecule has 8 nitrogen and oxygen atoms in total. The summed E-state index contributed by atoms with van der Waals surface area (Å²) in [4.78, 5) is 39.4. The van der Waals surface area contributed by atoms with Crippen LogP contribution in [-0.2, 0) is 20.9 Å². The second kappa shape index (κ2) is 12.0. The van der Waals surface area contributed by atoms with Gasteiger partial charge in [0.2, 0.25) is 0 Å². The topological polar surface area (TPSA) is 99.8 Å². The molecule has 1 aliphatic heterocycles. The first-order valence-corrected chi connectivity index (χ1v) is 10.8. The van der Waals surface area contributed by atoms with E-state index in [-0.39, 0.29) is 5.91 Å². The highest BCUT2D eigenvalue weighted by atomic mass is 16.5. The number of morpholine rings is 1. The minimum absolute atomic E-state index is 0.294.